The third-order valence-electron chi connectivity index (χ3n) is 12.5. The predicted molar refractivity (Wildman–Crippen MR) is 289 cm³/mol. The van der Waals surface area contributed by atoms with Crippen LogP contribution in [0, 0.1) is 0 Å². The molecule has 0 aromatic heterocycles. The fourth-order valence-electron chi connectivity index (χ4n) is 8.07. The highest BCUT2D eigenvalue weighted by molar-refractivity contribution is 7.47. The van der Waals surface area contributed by atoms with Gasteiger partial charge in [0.2, 0.25) is 0 Å². The first-order valence-electron chi connectivity index (χ1n) is 28.9. The molecule has 0 saturated carbocycles. The van der Waals surface area contributed by atoms with E-state index in [1.807, 2.05) is 0 Å². The third kappa shape index (κ3) is 50.6. The van der Waals surface area contributed by atoms with Crippen molar-refractivity contribution >= 4 is 25.7 Å². The summed E-state index contributed by atoms with van der Waals surface area (Å²) in [6, 6.07) is 0. The second-order valence-electron chi connectivity index (χ2n) is 19.5. The molecule has 0 amide bonds. The maximum absolute atomic E-state index is 12.9. The van der Waals surface area contributed by atoms with Crippen molar-refractivity contribution in [3.8, 4) is 0 Å². The zero-order valence-electron chi connectivity index (χ0n) is 45.2. The van der Waals surface area contributed by atoms with Crippen LogP contribution in [0.3, 0.4) is 0 Å². The van der Waals surface area contributed by atoms with Crippen molar-refractivity contribution in [1.82, 2.24) is 0 Å². The second kappa shape index (κ2) is 53.0. The van der Waals surface area contributed by atoms with Gasteiger partial charge in [-0.15, -0.1) is 0 Å². The lowest BCUT2D eigenvalue weighted by molar-refractivity contribution is -0.161. The topological polar surface area (TPSA) is 155 Å². The third-order valence-corrected chi connectivity index (χ3v) is 13.5. The lowest BCUT2D eigenvalue weighted by Gasteiger charge is -2.21. The van der Waals surface area contributed by atoms with Gasteiger partial charge in [-0.3, -0.25) is 23.4 Å². The Hall–Kier alpha value is -2.30. The summed E-state index contributed by atoms with van der Waals surface area (Å²) in [5.41, 5.74) is 0. The minimum atomic E-state index is -4.74. The molecule has 0 aliphatic heterocycles. The average molecular weight is 1010 g/mol. The molecular weight excluding hydrogens is 904 g/mol. The van der Waals surface area contributed by atoms with Gasteiger partial charge in [0.15, 0.2) is 6.10 Å². The number of phosphoric acid groups is 1. The van der Waals surface area contributed by atoms with Gasteiger partial charge in [-0.25, -0.2) is 4.57 Å². The fourth-order valence-corrected chi connectivity index (χ4v) is 8.86. The Morgan fingerprint density at radius 2 is 0.714 bits per heavy atom. The molecule has 3 unspecified atom stereocenters. The van der Waals surface area contributed by atoms with Crippen LogP contribution in [0.1, 0.15) is 278 Å². The van der Waals surface area contributed by atoms with Crippen LogP contribution in [0.5, 0.6) is 0 Å². The molecule has 12 heteroatoms. The van der Waals surface area contributed by atoms with Crippen LogP contribution in [0.2, 0.25) is 0 Å². The van der Waals surface area contributed by atoms with Gasteiger partial charge in [0.1, 0.15) is 12.7 Å². The van der Waals surface area contributed by atoms with Crippen LogP contribution in [-0.4, -0.2) is 66.5 Å². The SMILES string of the molecule is CCCC/C=C\CCCCCCCC(=O)OC(CO)COP(=O)(O)OCC(COC(=O)CCCCCCC/C=C\C/C=C\CCCCC)OC(=O)CCCCCCCCCCCCCCCCCCC. The first-order chi connectivity index (χ1) is 34.2. The molecule has 0 saturated heterocycles. The average Bonchev–Trinajstić information content (AvgIpc) is 3.35. The fraction of sp³-hybridized carbons (Fsp3) is 0.845. The summed E-state index contributed by atoms with van der Waals surface area (Å²) in [6.07, 6.45) is 53.9. The van der Waals surface area contributed by atoms with E-state index in [9.17, 15) is 28.9 Å². The van der Waals surface area contributed by atoms with Crippen molar-refractivity contribution < 1.29 is 52.2 Å². The number of carbonyl (C=O) groups excluding carboxylic acids is 3. The van der Waals surface area contributed by atoms with E-state index in [0.29, 0.717) is 19.3 Å². The summed E-state index contributed by atoms with van der Waals surface area (Å²) >= 11 is 0. The van der Waals surface area contributed by atoms with Crippen LogP contribution in [-0.2, 0) is 42.2 Å². The number of esters is 3. The Bertz CT molecular complexity index is 1320. The van der Waals surface area contributed by atoms with E-state index in [0.717, 1.165) is 103 Å². The molecule has 0 aromatic rings. The number of rotatable bonds is 54. The number of allylic oxidation sites excluding steroid dienone is 6. The molecule has 0 aromatic carbocycles. The van der Waals surface area contributed by atoms with Crippen LogP contribution in [0.15, 0.2) is 36.5 Å². The van der Waals surface area contributed by atoms with Gasteiger partial charge in [0.05, 0.1) is 19.8 Å². The minimum Gasteiger partial charge on any atom is -0.462 e. The Balaban J connectivity index is 4.72. The molecule has 0 spiro atoms. The molecule has 0 fully saturated rings. The van der Waals surface area contributed by atoms with Gasteiger partial charge in [0, 0.05) is 19.3 Å². The van der Waals surface area contributed by atoms with Gasteiger partial charge in [-0.1, -0.05) is 224 Å². The number of aliphatic hydroxyl groups is 1. The van der Waals surface area contributed by atoms with Crippen molar-refractivity contribution in [1.29, 1.82) is 0 Å². The highest BCUT2D eigenvalue weighted by atomic mass is 31.2. The number of hydrogen-bond donors (Lipinski definition) is 2. The maximum atomic E-state index is 12.9. The maximum Gasteiger partial charge on any atom is 0.472 e. The van der Waals surface area contributed by atoms with E-state index >= 15 is 0 Å². The Labute approximate surface area is 429 Å². The molecular formula is C58H107O11P. The minimum absolute atomic E-state index is 0.168. The summed E-state index contributed by atoms with van der Waals surface area (Å²) < 4.78 is 39.5. The summed E-state index contributed by atoms with van der Waals surface area (Å²) in [4.78, 5) is 48.5. The Morgan fingerprint density at radius 3 is 1.14 bits per heavy atom. The highest BCUT2D eigenvalue weighted by Gasteiger charge is 2.28. The molecule has 3 atom stereocenters. The van der Waals surface area contributed by atoms with E-state index in [-0.39, 0.29) is 25.9 Å². The zero-order valence-corrected chi connectivity index (χ0v) is 46.1. The largest absolute Gasteiger partial charge is 0.472 e. The van der Waals surface area contributed by atoms with Crippen LogP contribution >= 0.6 is 7.82 Å². The number of carbonyl (C=O) groups is 3. The van der Waals surface area contributed by atoms with Gasteiger partial charge < -0.3 is 24.2 Å². The highest BCUT2D eigenvalue weighted by Crippen LogP contribution is 2.43. The van der Waals surface area contributed by atoms with Gasteiger partial charge in [0.25, 0.3) is 0 Å². The molecule has 0 aliphatic rings. The molecule has 0 bridgehead atoms. The monoisotopic (exact) mass is 1010 g/mol. The van der Waals surface area contributed by atoms with E-state index in [1.54, 1.807) is 0 Å². The summed E-state index contributed by atoms with van der Waals surface area (Å²) in [5, 5.41) is 9.78. The normalized spacial score (nSPS) is 13.6. The molecule has 0 heterocycles. The molecule has 0 rings (SSSR count). The van der Waals surface area contributed by atoms with Gasteiger partial charge >= 0.3 is 25.7 Å². The Morgan fingerprint density at radius 1 is 0.400 bits per heavy atom. The van der Waals surface area contributed by atoms with Crippen molar-refractivity contribution in [3.05, 3.63) is 36.5 Å². The number of phosphoric ester groups is 1. The molecule has 2 N–H and O–H groups in total. The predicted octanol–water partition coefficient (Wildman–Crippen LogP) is 16.8. The lowest BCUT2D eigenvalue weighted by Crippen LogP contribution is -2.30. The Kier molecular flexibility index (Phi) is 51.3. The first-order valence-corrected chi connectivity index (χ1v) is 30.4. The van der Waals surface area contributed by atoms with Crippen molar-refractivity contribution in [2.24, 2.45) is 0 Å². The smallest absolute Gasteiger partial charge is 0.462 e. The zero-order chi connectivity index (χ0) is 51.3. The standard InChI is InChI=1S/C58H107O11P/c1-4-7-10-13-16-19-22-24-26-27-29-31-34-37-40-43-46-49-58(62)69-55(51-65-56(60)47-44-41-38-35-33-30-28-25-23-20-17-14-11-8-5-2)53-67-70(63,64)66-52-54(50-59)68-57(61)48-45-42-39-36-32-21-18-15-12-9-6-3/h15,17-18,20,25,28,54-55,59H,4-14,16,19,21-24,26-27,29-53H2,1-3H3,(H,63,64)/b18-15-,20-17-,28-25-. The van der Waals surface area contributed by atoms with Crippen LogP contribution in [0.25, 0.3) is 0 Å². The number of aliphatic hydroxyl groups excluding tert-OH is 1. The summed E-state index contributed by atoms with van der Waals surface area (Å²) in [5.74, 6) is -1.47. The van der Waals surface area contributed by atoms with Crippen molar-refractivity contribution in [3.63, 3.8) is 0 Å². The van der Waals surface area contributed by atoms with Crippen molar-refractivity contribution in [2.75, 3.05) is 26.4 Å². The number of ether oxygens (including phenoxy) is 3. The van der Waals surface area contributed by atoms with Crippen LogP contribution in [0.4, 0.5) is 0 Å². The molecule has 0 aliphatic carbocycles. The van der Waals surface area contributed by atoms with E-state index in [1.165, 1.54) is 116 Å². The van der Waals surface area contributed by atoms with Gasteiger partial charge in [-0.2, -0.15) is 0 Å². The molecule has 410 valence electrons. The molecule has 70 heavy (non-hydrogen) atoms. The molecule has 11 nitrogen and oxygen atoms in total. The lowest BCUT2D eigenvalue weighted by atomic mass is 10.0. The molecule has 0 radical (unpaired) electrons. The first kappa shape index (κ1) is 67.7. The van der Waals surface area contributed by atoms with Gasteiger partial charge in [-0.05, 0) is 70.6 Å². The summed E-state index contributed by atoms with van der Waals surface area (Å²) in [7, 11) is -4.74. The van der Waals surface area contributed by atoms with E-state index in [4.69, 9.17) is 23.3 Å². The summed E-state index contributed by atoms with van der Waals surface area (Å²) in [6.45, 7) is 4.59. The van der Waals surface area contributed by atoms with E-state index in [2.05, 4.69) is 57.2 Å². The van der Waals surface area contributed by atoms with E-state index < -0.39 is 57.8 Å². The van der Waals surface area contributed by atoms with Crippen LogP contribution < -0.4 is 0 Å². The quantitative estimate of drug-likeness (QED) is 0.0197. The number of hydrogen-bond acceptors (Lipinski definition) is 10. The van der Waals surface area contributed by atoms with Crippen molar-refractivity contribution in [2.45, 2.75) is 290 Å². The second-order valence-corrected chi connectivity index (χ2v) is 20.9. The number of unbranched alkanes of at least 4 members (excludes halogenated alkanes) is 31.